The third-order valence-corrected chi connectivity index (χ3v) is 2.61. The van der Waals surface area contributed by atoms with Crippen molar-refractivity contribution in [3.05, 3.63) is 34.1 Å². The Labute approximate surface area is 90.2 Å². The van der Waals surface area contributed by atoms with Crippen LogP contribution < -0.4 is 0 Å². The summed E-state index contributed by atoms with van der Waals surface area (Å²) in [5.74, 6) is -0.589. The molecule has 0 saturated carbocycles. The molecule has 0 amide bonds. The molecular weight excluding hydrogens is 251 g/mol. The van der Waals surface area contributed by atoms with Gasteiger partial charge in [-0.25, -0.2) is 4.39 Å². The van der Waals surface area contributed by atoms with Crippen molar-refractivity contribution in [2.24, 2.45) is 0 Å². The van der Waals surface area contributed by atoms with E-state index < -0.39 is 0 Å². The summed E-state index contributed by atoms with van der Waals surface area (Å²) in [6, 6.07) is 4.40. The average Bonchev–Trinajstić information content (AvgIpc) is 2.19. The molecule has 14 heavy (non-hydrogen) atoms. The van der Waals surface area contributed by atoms with Gasteiger partial charge < -0.3 is 4.74 Å². The summed E-state index contributed by atoms with van der Waals surface area (Å²) in [7, 11) is 1.34. The standard InChI is InChI=1S/C10H10BrFO2/c1-14-10(13)5-2-7-6-8(12)3-4-9(7)11/h3-4,6H,2,5H2,1H3. The maximum absolute atomic E-state index is 12.8. The first kappa shape index (κ1) is 11.2. The second-order valence-corrected chi connectivity index (χ2v) is 3.67. The van der Waals surface area contributed by atoms with Crippen molar-refractivity contribution in [1.82, 2.24) is 0 Å². The zero-order chi connectivity index (χ0) is 10.6. The van der Waals surface area contributed by atoms with Gasteiger partial charge in [-0.3, -0.25) is 4.79 Å². The lowest BCUT2D eigenvalue weighted by Gasteiger charge is -2.03. The van der Waals surface area contributed by atoms with Gasteiger partial charge in [-0.1, -0.05) is 15.9 Å². The first-order valence-electron chi connectivity index (χ1n) is 4.14. The number of halogens is 2. The van der Waals surface area contributed by atoms with E-state index in [1.54, 1.807) is 6.07 Å². The first-order valence-corrected chi connectivity index (χ1v) is 4.93. The van der Waals surface area contributed by atoms with Gasteiger partial charge in [0.1, 0.15) is 5.82 Å². The lowest BCUT2D eigenvalue weighted by molar-refractivity contribution is -0.140. The molecule has 0 radical (unpaired) electrons. The first-order chi connectivity index (χ1) is 6.63. The van der Waals surface area contributed by atoms with Gasteiger partial charge in [0.15, 0.2) is 0 Å². The predicted molar refractivity (Wildman–Crippen MR) is 54.4 cm³/mol. The Morgan fingerprint density at radius 1 is 1.57 bits per heavy atom. The molecule has 2 nitrogen and oxygen atoms in total. The Morgan fingerprint density at radius 2 is 2.29 bits per heavy atom. The molecule has 1 rings (SSSR count). The Morgan fingerprint density at radius 3 is 2.93 bits per heavy atom. The average molecular weight is 261 g/mol. The van der Waals surface area contributed by atoms with Gasteiger partial charge >= 0.3 is 5.97 Å². The van der Waals surface area contributed by atoms with Crippen molar-refractivity contribution in [3.8, 4) is 0 Å². The summed E-state index contributed by atoms with van der Waals surface area (Å²) >= 11 is 3.28. The molecule has 0 saturated heterocycles. The molecular formula is C10H10BrFO2. The van der Waals surface area contributed by atoms with E-state index in [2.05, 4.69) is 20.7 Å². The van der Waals surface area contributed by atoms with Crippen LogP contribution in [0.2, 0.25) is 0 Å². The number of rotatable bonds is 3. The highest BCUT2D eigenvalue weighted by molar-refractivity contribution is 9.10. The monoisotopic (exact) mass is 260 g/mol. The fraction of sp³-hybridized carbons (Fsp3) is 0.300. The summed E-state index contributed by atoms with van der Waals surface area (Å²) in [5, 5.41) is 0. The maximum Gasteiger partial charge on any atom is 0.305 e. The molecule has 0 unspecified atom stereocenters. The fourth-order valence-corrected chi connectivity index (χ4v) is 1.52. The number of hydrogen-bond acceptors (Lipinski definition) is 2. The van der Waals surface area contributed by atoms with Crippen molar-refractivity contribution in [2.45, 2.75) is 12.8 Å². The minimum Gasteiger partial charge on any atom is -0.469 e. The Hall–Kier alpha value is -0.900. The molecule has 0 aromatic heterocycles. The van der Waals surface area contributed by atoms with Crippen LogP contribution in [0.3, 0.4) is 0 Å². The van der Waals surface area contributed by atoms with Crippen molar-refractivity contribution < 1.29 is 13.9 Å². The highest BCUT2D eigenvalue weighted by Crippen LogP contribution is 2.19. The molecule has 0 fully saturated rings. The lowest BCUT2D eigenvalue weighted by Crippen LogP contribution is -2.02. The number of ether oxygens (including phenoxy) is 1. The van der Waals surface area contributed by atoms with Gasteiger partial charge in [0.25, 0.3) is 0 Å². The van der Waals surface area contributed by atoms with Crippen LogP contribution in [0.25, 0.3) is 0 Å². The molecule has 0 spiro atoms. The summed E-state index contributed by atoms with van der Waals surface area (Å²) < 4.78 is 18.1. The van der Waals surface area contributed by atoms with E-state index in [0.29, 0.717) is 6.42 Å². The summed E-state index contributed by atoms with van der Waals surface area (Å²) in [4.78, 5) is 10.9. The maximum atomic E-state index is 12.8. The van der Waals surface area contributed by atoms with Crippen LogP contribution in [0, 0.1) is 5.82 Å². The van der Waals surface area contributed by atoms with Gasteiger partial charge in [0, 0.05) is 10.9 Å². The van der Waals surface area contributed by atoms with Crippen LogP contribution in [0.5, 0.6) is 0 Å². The Kier molecular flexibility index (Phi) is 4.07. The van der Waals surface area contributed by atoms with Crippen molar-refractivity contribution in [1.29, 1.82) is 0 Å². The molecule has 76 valence electrons. The molecule has 0 bridgehead atoms. The van der Waals surface area contributed by atoms with Crippen LogP contribution in [0.15, 0.2) is 22.7 Å². The van der Waals surface area contributed by atoms with E-state index in [9.17, 15) is 9.18 Å². The normalized spacial score (nSPS) is 9.93. The molecule has 0 aliphatic heterocycles. The van der Waals surface area contributed by atoms with Crippen LogP contribution in [0.1, 0.15) is 12.0 Å². The molecule has 1 aromatic rings. The van der Waals surface area contributed by atoms with Crippen LogP contribution in [0.4, 0.5) is 4.39 Å². The number of benzene rings is 1. The highest BCUT2D eigenvalue weighted by Gasteiger charge is 2.05. The highest BCUT2D eigenvalue weighted by atomic mass is 79.9. The van der Waals surface area contributed by atoms with Gasteiger partial charge in [-0.15, -0.1) is 0 Å². The summed E-state index contributed by atoms with van der Waals surface area (Å²) in [5.41, 5.74) is 0.774. The van der Waals surface area contributed by atoms with Crippen LogP contribution in [-0.4, -0.2) is 13.1 Å². The van der Waals surface area contributed by atoms with Gasteiger partial charge in [0.2, 0.25) is 0 Å². The number of methoxy groups -OCH3 is 1. The molecule has 0 heterocycles. The second-order valence-electron chi connectivity index (χ2n) is 2.81. The van der Waals surface area contributed by atoms with E-state index in [4.69, 9.17) is 0 Å². The second kappa shape index (κ2) is 5.10. The number of esters is 1. The Balaban J connectivity index is 2.66. The quantitative estimate of drug-likeness (QED) is 0.782. The third kappa shape index (κ3) is 3.10. The number of carbonyl (C=O) groups is 1. The molecule has 0 aliphatic rings. The Bertz CT molecular complexity index is 339. The lowest BCUT2D eigenvalue weighted by atomic mass is 10.1. The molecule has 0 aliphatic carbocycles. The van der Waals surface area contributed by atoms with E-state index >= 15 is 0 Å². The van der Waals surface area contributed by atoms with Crippen LogP contribution >= 0.6 is 15.9 Å². The summed E-state index contributed by atoms with van der Waals surface area (Å²) in [6.45, 7) is 0. The fourth-order valence-electron chi connectivity index (χ4n) is 1.07. The van der Waals surface area contributed by atoms with Crippen molar-refractivity contribution in [2.75, 3.05) is 7.11 Å². The van der Waals surface area contributed by atoms with Crippen molar-refractivity contribution >= 4 is 21.9 Å². The number of carbonyl (C=O) groups excluding carboxylic acids is 1. The topological polar surface area (TPSA) is 26.3 Å². The minimum absolute atomic E-state index is 0.262. The van der Waals surface area contributed by atoms with E-state index in [0.717, 1.165) is 10.0 Å². The molecule has 4 heteroatoms. The minimum atomic E-state index is -0.298. The number of aryl methyl sites for hydroxylation is 1. The third-order valence-electron chi connectivity index (χ3n) is 1.83. The van der Waals surface area contributed by atoms with Crippen molar-refractivity contribution in [3.63, 3.8) is 0 Å². The summed E-state index contributed by atoms with van der Waals surface area (Å²) in [6.07, 6.45) is 0.740. The molecule has 0 N–H and O–H groups in total. The van der Waals surface area contributed by atoms with E-state index in [1.807, 2.05) is 0 Å². The molecule has 1 aromatic carbocycles. The smallest absolute Gasteiger partial charge is 0.305 e. The zero-order valence-corrected chi connectivity index (χ0v) is 9.30. The SMILES string of the molecule is COC(=O)CCc1cc(F)ccc1Br. The molecule has 0 atom stereocenters. The van der Waals surface area contributed by atoms with Gasteiger partial charge in [-0.05, 0) is 30.2 Å². The largest absolute Gasteiger partial charge is 0.469 e. The van der Waals surface area contributed by atoms with E-state index in [-0.39, 0.29) is 18.2 Å². The predicted octanol–water partition coefficient (Wildman–Crippen LogP) is 2.69. The van der Waals surface area contributed by atoms with E-state index in [1.165, 1.54) is 19.2 Å². The van der Waals surface area contributed by atoms with Gasteiger partial charge in [0.05, 0.1) is 7.11 Å². The van der Waals surface area contributed by atoms with Gasteiger partial charge in [-0.2, -0.15) is 0 Å². The van der Waals surface area contributed by atoms with Crippen LogP contribution in [-0.2, 0) is 16.0 Å². The number of hydrogen-bond donors (Lipinski definition) is 0. The zero-order valence-electron chi connectivity index (χ0n) is 7.72.